The molecule has 36 heavy (non-hydrogen) atoms. The maximum Gasteiger partial charge on any atom is 0.274 e. The first-order valence-corrected chi connectivity index (χ1v) is 12.6. The number of hydrogen-bond acceptors (Lipinski definition) is 4. The van der Waals surface area contributed by atoms with Crippen LogP contribution in [0.15, 0.2) is 70.0 Å². The van der Waals surface area contributed by atoms with Crippen LogP contribution in [0.5, 0.6) is 5.75 Å². The van der Waals surface area contributed by atoms with Gasteiger partial charge in [-0.25, -0.2) is 4.39 Å². The van der Waals surface area contributed by atoms with Crippen LogP contribution >= 0.6 is 27.5 Å². The second kappa shape index (κ2) is 11.9. The van der Waals surface area contributed by atoms with Crippen molar-refractivity contribution in [2.24, 2.45) is 0 Å². The SMILES string of the molecule is CC=CCOCc1c(Br)c(=O)c(OCc2ccccc2)c2n1CCN(Cc1ccc(F)c(Cl)c1)C2=O. The van der Waals surface area contributed by atoms with Gasteiger partial charge in [-0.1, -0.05) is 60.2 Å². The van der Waals surface area contributed by atoms with E-state index in [1.165, 1.54) is 12.1 Å². The Morgan fingerprint density at radius 2 is 1.86 bits per heavy atom. The minimum absolute atomic E-state index is 0.00930. The van der Waals surface area contributed by atoms with Gasteiger partial charge in [-0.05, 0) is 46.1 Å². The van der Waals surface area contributed by atoms with E-state index in [2.05, 4.69) is 15.9 Å². The summed E-state index contributed by atoms with van der Waals surface area (Å²) in [6.45, 7) is 3.58. The Balaban J connectivity index is 1.71. The number of rotatable bonds is 9. The Morgan fingerprint density at radius 3 is 2.58 bits per heavy atom. The van der Waals surface area contributed by atoms with Crippen LogP contribution in [0, 0.1) is 5.82 Å². The van der Waals surface area contributed by atoms with Crippen LogP contribution in [-0.4, -0.2) is 28.5 Å². The van der Waals surface area contributed by atoms with Crippen molar-refractivity contribution < 1.29 is 18.7 Å². The molecule has 1 aromatic heterocycles. The first kappa shape index (κ1) is 26.1. The number of halogens is 3. The molecule has 0 atom stereocenters. The Hall–Kier alpha value is -2.94. The summed E-state index contributed by atoms with van der Waals surface area (Å²) in [6.07, 6.45) is 3.74. The standard InChI is InChI=1S/C27H25BrClFN2O4/c1-2-3-13-35-17-22-23(28)25(33)26(36-16-18-7-5-4-6-8-18)24-27(34)31(11-12-32(22)24)15-19-9-10-21(30)20(29)14-19/h2-10,14H,11-13,15-17H2,1H3. The summed E-state index contributed by atoms with van der Waals surface area (Å²) in [4.78, 5) is 28.7. The molecule has 0 aliphatic carbocycles. The lowest BCUT2D eigenvalue weighted by Crippen LogP contribution is -2.43. The lowest BCUT2D eigenvalue weighted by atomic mass is 10.1. The van der Waals surface area contributed by atoms with Gasteiger partial charge in [0.2, 0.25) is 5.43 Å². The number of aromatic nitrogens is 1. The molecule has 1 aliphatic heterocycles. The van der Waals surface area contributed by atoms with Gasteiger partial charge in [-0.15, -0.1) is 0 Å². The van der Waals surface area contributed by atoms with E-state index < -0.39 is 11.2 Å². The molecule has 4 rings (SSSR count). The van der Waals surface area contributed by atoms with Gasteiger partial charge in [0.05, 0.1) is 28.4 Å². The molecule has 1 amide bonds. The molecule has 2 aromatic carbocycles. The number of carbonyl (C=O) groups excluding carboxylic acids is 1. The highest BCUT2D eigenvalue weighted by molar-refractivity contribution is 9.10. The molecule has 0 unspecified atom stereocenters. The summed E-state index contributed by atoms with van der Waals surface area (Å²) < 4.78 is 27.4. The zero-order valence-corrected chi connectivity index (χ0v) is 22.0. The lowest BCUT2D eigenvalue weighted by Gasteiger charge is -2.33. The predicted molar refractivity (Wildman–Crippen MR) is 140 cm³/mol. The van der Waals surface area contributed by atoms with E-state index in [-0.39, 0.29) is 42.1 Å². The van der Waals surface area contributed by atoms with E-state index in [0.29, 0.717) is 35.4 Å². The molecule has 0 N–H and O–H groups in total. The Kier molecular flexibility index (Phi) is 8.61. The molecule has 2 heterocycles. The summed E-state index contributed by atoms with van der Waals surface area (Å²) in [5.41, 5.74) is 1.88. The molecule has 0 saturated heterocycles. The summed E-state index contributed by atoms with van der Waals surface area (Å²) in [7, 11) is 0. The minimum atomic E-state index is -0.522. The number of hydrogen-bond donors (Lipinski definition) is 0. The van der Waals surface area contributed by atoms with Gasteiger partial charge in [0, 0.05) is 19.6 Å². The first-order chi connectivity index (χ1) is 17.4. The summed E-state index contributed by atoms with van der Waals surface area (Å²) in [6, 6.07) is 13.8. The molecule has 0 saturated carbocycles. The van der Waals surface area contributed by atoms with E-state index in [0.717, 1.165) is 5.56 Å². The molecule has 9 heteroatoms. The molecule has 0 radical (unpaired) electrons. The van der Waals surface area contributed by atoms with Crippen molar-refractivity contribution in [3.8, 4) is 5.75 Å². The van der Waals surface area contributed by atoms with E-state index >= 15 is 0 Å². The van der Waals surface area contributed by atoms with Crippen LogP contribution in [0.1, 0.15) is 34.2 Å². The third kappa shape index (κ3) is 5.72. The van der Waals surface area contributed by atoms with Crippen molar-refractivity contribution in [3.05, 3.63) is 109 Å². The van der Waals surface area contributed by atoms with E-state index in [9.17, 15) is 14.0 Å². The topological polar surface area (TPSA) is 60.8 Å². The fourth-order valence-electron chi connectivity index (χ4n) is 3.98. The van der Waals surface area contributed by atoms with Crippen molar-refractivity contribution >= 4 is 33.4 Å². The van der Waals surface area contributed by atoms with Crippen molar-refractivity contribution in [1.29, 1.82) is 0 Å². The lowest BCUT2D eigenvalue weighted by molar-refractivity contribution is 0.0669. The van der Waals surface area contributed by atoms with Crippen LogP contribution in [0.25, 0.3) is 0 Å². The van der Waals surface area contributed by atoms with E-state index in [1.54, 1.807) is 15.5 Å². The average Bonchev–Trinajstić information content (AvgIpc) is 2.88. The van der Waals surface area contributed by atoms with Crippen LogP contribution in [0.2, 0.25) is 5.02 Å². The molecular weight excluding hydrogens is 551 g/mol. The van der Waals surface area contributed by atoms with Gasteiger partial charge in [0.1, 0.15) is 12.4 Å². The quantitative estimate of drug-likeness (QED) is 0.242. The number of allylic oxidation sites excluding steroid dienone is 1. The summed E-state index contributed by atoms with van der Waals surface area (Å²) in [5.74, 6) is -0.898. The highest BCUT2D eigenvalue weighted by Gasteiger charge is 2.33. The van der Waals surface area contributed by atoms with E-state index in [1.807, 2.05) is 49.4 Å². The fourth-order valence-corrected chi connectivity index (χ4v) is 4.69. The summed E-state index contributed by atoms with van der Waals surface area (Å²) >= 11 is 9.36. The number of pyridine rings is 1. The van der Waals surface area contributed by atoms with Crippen LogP contribution < -0.4 is 10.2 Å². The number of benzene rings is 2. The zero-order chi connectivity index (χ0) is 25.7. The largest absolute Gasteiger partial charge is 0.483 e. The smallest absolute Gasteiger partial charge is 0.274 e. The van der Waals surface area contributed by atoms with Crippen molar-refractivity contribution in [3.63, 3.8) is 0 Å². The van der Waals surface area contributed by atoms with Gasteiger partial charge >= 0.3 is 0 Å². The second-order valence-corrected chi connectivity index (χ2v) is 9.45. The van der Waals surface area contributed by atoms with Crippen molar-refractivity contribution in [1.82, 2.24) is 9.47 Å². The number of carbonyl (C=O) groups is 1. The normalized spacial score (nSPS) is 13.3. The van der Waals surface area contributed by atoms with Crippen molar-refractivity contribution in [2.45, 2.75) is 33.2 Å². The van der Waals surface area contributed by atoms with Crippen LogP contribution in [0.4, 0.5) is 4.39 Å². The Labute approximate surface area is 222 Å². The number of fused-ring (bicyclic) bond motifs is 1. The maximum absolute atomic E-state index is 13.7. The Bertz CT molecular complexity index is 1340. The van der Waals surface area contributed by atoms with E-state index in [4.69, 9.17) is 21.1 Å². The highest BCUT2D eigenvalue weighted by atomic mass is 79.9. The third-order valence-electron chi connectivity index (χ3n) is 5.83. The zero-order valence-electron chi connectivity index (χ0n) is 19.7. The molecule has 188 valence electrons. The van der Waals surface area contributed by atoms with Gasteiger partial charge in [0.25, 0.3) is 5.91 Å². The molecule has 0 spiro atoms. The molecule has 6 nitrogen and oxygen atoms in total. The number of ether oxygens (including phenoxy) is 2. The highest BCUT2D eigenvalue weighted by Crippen LogP contribution is 2.29. The molecule has 3 aromatic rings. The minimum Gasteiger partial charge on any atom is -0.483 e. The molecule has 1 aliphatic rings. The van der Waals surface area contributed by atoms with Crippen LogP contribution in [-0.2, 0) is 31.0 Å². The number of nitrogens with zero attached hydrogens (tertiary/aromatic N) is 2. The van der Waals surface area contributed by atoms with Gasteiger partial charge < -0.3 is 18.9 Å². The molecule has 0 fully saturated rings. The third-order valence-corrected chi connectivity index (χ3v) is 6.93. The molecule has 0 bridgehead atoms. The monoisotopic (exact) mass is 574 g/mol. The van der Waals surface area contributed by atoms with Crippen LogP contribution in [0.3, 0.4) is 0 Å². The number of amides is 1. The van der Waals surface area contributed by atoms with Gasteiger partial charge in [-0.2, -0.15) is 0 Å². The van der Waals surface area contributed by atoms with Crippen molar-refractivity contribution in [2.75, 3.05) is 13.2 Å². The second-order valence-electron chi connectivity index (χ2n) is 8.25. The first-order valence-electron chi connectivity index (χ1n) is 11.4. The van der Waals surface area contributed by atoms with Gasteiger partial charge in [-0.3, -0.25) is 9.59 Å². The average molecular weight is 576 g/mol. The summed E-state index contributed by atoms with van der Waals surface area (Å²) in [5, 5.41) is -0.00930. The van der Waals surface area contributed by atoms with Gasteiger partial charge in [0.15, 0.2) is 11.4 Å². The Morgan fingerprint density at radius 1 is 1.08 bits per heavy atom. The predicted octanol–water partition coefficient (Wildman–Crippen LogP) is 5.73. The fraction of sp³-hybridized carbons (Fsp3) is 0.259. The maximum atomic E-state index is 13.7. The molecular formula is C27H25BrClFN2O4.